The Morgan fingerprint density at radius 3 is 2.68 bits per heavy atom. The summed E-state index contributed by atoms with van der Waals surface area (Å²) in [4.78, 5) is 14.0. The first-order valence-electron chi connectivity index (χ1n) is 6.34. The van der Waals surface area contributed by atoms with E-state index in [1.807, 2.05) is 19.9 Å². The zero-order chi connectivity index (χ0) is 13.3. The number of carbonyl (C=O) groups is 1. The largest absolute Gasteiger partial charge is 0.508 e. The smallest absolute Gasteiger partial charge is 0.240 e. The number of benzene rings is 1. The van der Waals surface area contributed by atoms with Crippen LogP contribution in [0.3, 0.4) is 0 Å². The van der Waals surface area contributed by atoms with Crippen molar-refractivity contribution in [3.05, 3.63) is 29.3 Å². The number of aromatic hydroxyl groups is 1. The highest BCUT2D eigenvalue weighted by Gasteiger charge is 2.26. The molecule has 0 fully saturated rings. The van der Waals surface area contributed by atoms with Crippen LogP contribution in [0.25, 0.3) is 0 Å². The molecule has 1 aromatic carbocycles. The fraction of sp³-hybridized carbons (Fsp3) is 0.500. The van der Waals surface area contributed by atoms with Crippen molar-refractivity contribution in [3.63, 3.8) is 0 Å². The van der Waals surface area contributed by atoms with Gasteiger partial charge in [0.25, 0.3) is 0 Å². The maximum Gasteiger partial charge on any atom is 0.240 e. The third kappa shape index (κ3) is 3.39. The van der Waals surface area contributed by atoms with Gasteiger partial charge in [-0.1, -0.05) is 19.9 Å². The molecule has 3 N–H and O–H groups in total. The lowest BCUT2D eigenvalue weighted by atomic mass is 9.97. The number of amides is 1. The van der Waals surface area contributed by atoms with Gasteiger partial charge in [-0.15, -0.1) is 12.4 Å². The Bertz CT molecular complexity index is 463. The molecule has 106 valence electrons. The number of phenolic OH excluding ortho intramolecular Hbond substituents is 1. The number of phenols is 1. The van der Waals surface area contributed by atoms with E-state index in [1.165, 1.54) is 5.56 Å². The minimum Gasteiger partial charge on any atom is -0.508 e. The number of hydrogen-bond donors (Lipinski definition) is 2. The summed E-state index contributed by atoms with van der Waals surface area (Å²) in [5, 5.41) is 9.48. The van der Waals surface area contributed by atoms with Crippen molar-refractivity contribution in [1.29, 1.82) is 0 Å². The van der Waals surface area contributed by atoms with Gasteiger partial charge in [0.1, 0.15) is 5.75 Å². The summed E-state index contributed by atoms with van der Waals surface area (Å²) >= 11 is 0. The predicted octanol–water partition coefficient (Wildman–Crippen LogP) is 1.68. The van der Waals surface area contributed by atoms with Gasteiger partial charge in [-0.25, -0.2) is 0 Å². The SMILES string of the molecule is CC(C)[C@H](N)C(=O)N1CCc2ccc(O)cc2C1.Cl. The lowest BCUT2D eigenvalue weighted by Crippen LogP contribution is -2.48. The van der Waals surface area contributed by atoms with Gasteiger partial charge in [0, 0.05) is 13.1 Å². The first kappa shape index (κ1) is 15.8. The van der Waals surface area contributed by atoms with E-state index in [2.05, 4.69) is 0 Å². The lowest BCUT2D eigenvalue weighted by molar-refractivity contribution is -0.134. The molecule has 0 aliphatic carbocycles. The Kier molecular flexibility index (Phi) is 5.20. The Labute approximate surface area is 120 Å². The monoisotopic (exact) mass is 284 g/mol. The third-order valence-electron chi connectivity index (χ3n) is 3.52. The number of carbonyl (C=O) groups excluding carboxylic acids is 1. The molecular formula is C14H21ClN2O2. The van der Waals surface area contributed by atoms with Crippen LogP contribution >= 0.6 is 12.4 Å². The van der Waals surface area contributed by atoms with E-state index in [4.69, 9.17) is 5.73 Å². The van der Waals surface area contributed by atoms with Crippen LogP contribution in [-0.2, 0) is 17.8 Å². The van der Waals surface area contributed by atoms with E-state index in [1.54, 1.807) is 17.0 Å². The average molecular weight is 285 g/mol. The van der Waals surface area contributed by atoms with Gasteiger partial charge < -0.3 is 15.7 Å². The molecule has 4 nitrogen and oxygen atoms in total. The first-order chi connectivity index (χ1) is 8.49. The molecule has 0 spiro atoms. The quantitative estimate of drug-likeness (QED) is 0.868. The molecule has 0 radical (unpaired) electrons. The lowest BCUT2D eigenvalue weighted by Gasteiger charge is -2.31. The van der Waals surface area contributed by atoms with Crippen LogP contribution in [-0.4, -0.2) is 28.5 Å². The average Bonchev–Trinajstić information content (AvgIpc) is 2.35. The summed E-state index contributed by atoms with van der Waals surface area (Å²) in [6.45, 7) is 5.15. The molecule has 0 bridgehead atoms. The molecule has 1 atom stereocenters. The minimum absolute atomic E-state index is 0. The molecule has 1 aromatic rings. The van der Waals surface area contributed by atoms with Crippen molar-refractivity contribution in [3.8, 4) is 5.75 Å². The molecular weight excluding hydrogens is 264 g/mol. The number of nitrogens with two attached hydrogens (primary N) is 1. The van der Waals surface area contributed by atoms with E-state index < -0.39 is 6.04 Å². The minimum atomic E-state index is -0.441. The van der Waals surface area contributed by atoms with E-state index in [9.17, 15) is 9.90 Å². The van der Waals surface area contributed by atoms with Crippen molar-refractivity contribution in [1.82, 2.24) is 4.90 Å². The van der Waals surface area contributed by atoms with E-state index in [0.717, 1.165) is 12.0 Å². The van der Waals surface area contributed by atoms with Crippen molar-refractivity contribution < 1.29 is 9.90 Å². The van der Waals surface area contributed by atoms with Crippen LogP contribution < -0.4 is 5.73 Å². The molecule has 1 aliphatic rings. The van der Waals surface area contributed by atoms with E-state index in [-0.39, 0.29) is 30.0 Å². The Morgan fingerprint density at radius 1 is 1.37 bits per heavy atom. The molecule has 5 heteroatoms. The Hall–Kier alpha value is -1.26. The molecule has 1 aliphatic heterocycles. The van der Waals surface area contributed by atoms with Crippen molar-refractivity contribution >= 4 is 18.3 Å². The molecule has 1 amide bonds. The molecule has 0 aromatic heterocycles. The van der Waals surface area contributed by atoms with Gasteiger partial charge in [-0.2, -0.15) is 0 Å². The molecule has 0 unspecified atom stereocenters. The van der Waals surface area contributed by atoms with Gasteiger partial charge in [0.15, 0.2) is 0 Å². The molecule has 0 saturated heterocycles. The highest BCUT2D eigenvalue weighted by molar-refractivity contribution is 5.85. The van der Waals surface area contributed by atoms with Gasteiger partial charge in [-0.3, -0.25) is 4.79 Å². The normalized spacial score (nSPS) is 15.7. The summed E-state index contributed by atoms with van der Waals surface area (Å²) in [7, 11) is 0. The number of hydrogen-bond acceptors (Lipinski definition) is 3. The Balaban J connectivity index is 0.00000180. The standard InChI is InChI=1S/C14H20N2O2.ClH/c1-9(2)13(15)14(18)16-6-5-10-3-4-12(17)7-11(10)8-16;/h3-4,7,9,13,17H,5-6,8,15H2,1-2H3;1H/t13-;/m0./s1. The number of halogens is 1. The van der Waals surface area contributed by atoms with Gasteiger partial charge in [0.2, 0.25) is 5.91 Å². The van der Waals surface area contributed by atoms with Crippen LogP contribution in [0.2, 0.25) is 0 Å². The highest BCUT2D eigenvalue weighted by atomic mass is 35.5. The predicted molar refractivity (Wildman–Crippen MR) is 77.3 cm³/mol. The first-order valence-corrected chi connectivity index (χ1v) is 6.34. The van der Waals surface area contributed by atoms with E-state index >= 15 is 0 Å². The number of rotatable bonds is 2. The van der Waals surface area contributed by atoms with Crippen LogP contribution in [0.5, 0.6) is 5.75 Å². The van der Waals surface area contributed by atoms with Crippen LogP contribution in [0.4, 0.5) is 0 Å². The maximum atomic E-state index is 12.2. The highest BCUT2D eigenvalue weighted by Crippen LogP contribution is 2.23. The molecule has 1 heterocycles. The molecule has 0 saturated carbocycles. The van der Waals surface area contributed by atoms with Gasteiger partial charge in [-0.05, 0) is 35.6 Å². The summed E-state index contributed by atoms with van der Waals surface area (Å²) < 4.78 is 0. The van der Waals surface area contributed by atoms with Gasteiger partial charge in [0.05, 0.1) is 6.04 Å². The second kappa shape index (κ2) is 6.26. The van der Waals surface area contributed by atoms with Crippen molar-refractivity contribution in [2.45, 2.75) is 32.9 Å². The Morgan fingerprint density at radius 2 is 2.05 bits per heavy atom. The van der Waals surface area contributed by atoms with E-state index in [0.29, 0.717) is 13.1 Å². The summed E-state index contributed by atoms with van der Waals surface area (Å²) in [5.41, 5.74) is 8.12. The molecule has 19 heavy (non-hydrogen) atoms. The fourth-order valence-electron chi connectivity index (χ4n) is 2.23. The second-order valence-electron chi connectivity index (χ2n) is 5.23. The zero-order valence-electron chi connectivity index (χ0n) is 11.3. The van der Waals surface area contributed by atoms with Crippen LogP contribution in [0.1, 0.15) is 25.0 Å². The zero-order valence-corrected chi connectivity index (χ0v) is 12.1. The van der Waals surface area contributed by atoms with Crippen LogP contribution in [0, 0.1) is 5.92 Å². The summed E-state index contributed by atoms with van der Waals surface area (Å²) in [6, 6.07) is 4.91. The summed E-state index contributed by atoms with van der Waals surface area (Å²) in [6.07, 6.45) is 0.826. The maximum absolute atomic E-state index is 12.2. The third-order valence-corrected chi connectivity index (χ3v) is 3.52. The fourth-order valence-corrected chi connectivity index (χ4v) is 2.23. The van der Waals surface area contributed by atoms with Gasteiger partial charge >= 0.3 is 0 Å². The second-order valence-corrected chi connectivity index (χ2v) is 5.23. The van der Waals surface area contributed by atoms with Crippen molar-refractivity contribution in [2.24, 2.45) is 11.7 Å². The topological polar surface area (TPSA) is 66.6 Å². The van der Waals surface area contributed by atoms with Crippen molar-refractivity contribution in [2.75, 3.05) is 6.54 Å². The summed E-state index contributed by atoms with van der Waals surface area (Å²) in [5.74, 6) is 0.387. The number of nitrogens with zero attached hydrogens (tertiary/aromatic N) is 1. The number of fused-ring (bicyclic) bond motifs is 1. The molecule has 2 rings (SSSR count). The van der Waals surface area contributed by atoms with Crippen LogP contribution in [0.15, 0.2) is 18.2 Å².